The first-order valence-corrected chi connectivity index (χ1v) is 8.57. The SMILES string of the molecule is CC(C)n1ccc(NC(=O)NCCN2CCCS2(=O)=O)n1. The van der Waals surface area contributed by atoms with E-state index in [1.807, 2.05) is 13.8 Å². The molecule has 2 rings (SSSR count). The number of carbonyl (C=O) groups excluding carboxylic acids is 1. The molecular weight excluding hydrogens is 294 g/mol. The van der Waals surface area contributed by atoms with E-state index in [0.717, 1.165) is 0 Å². The highest BCUT2D eigenvalue weighted by atomic mass is 32.2. The summed E-state index contributed by atoms with van der Waals surface area (Å²) in [5.74, 6) is 0.668. The summed E-state index contributed by atoms with van der Waals surface area (Å²) >= 11 is 0. The molecule has 2 amide bonds. The van der Waals surface area contributed by atoms with Gasteiger partial charge in [-0.05, 0) is 20.3 Å². The second-order valence-electron chi connectivity index (χ2n) is 5.22. The van der Waals surface area contributed by atoms with E-state index < -0.39 is 10.0 Å². The zero-order valence-corrected chi connectivity index (χ0v) is 13.1. The number of nitrogens with one attached hydrogen (secondary N) is 2. The summed E-state index contributed by atoms with van der Waals surface area (Å²) < 4.78 is 26.3. The van der Waals surface area contributed by atoms with E-state index >= 15 is 0 Å². The third kappa shape index (κ3) is 4.18. The predicted molar refractivity (Wildman–Crippen MR) is 79.6 cm³/mol. The maximum Gasteiger partial charge on any atom is 0.320 e. The Morgan fingerprint density at radius 3 is 2.81 bits per heavy atom. The first-order chi connectivity index (χ1) is 9.88. The van der Waals surface area contributed by atoms with Gasteiger partial charge in [-0.15, -0.1) is 0 Å². The molecule has 0 radical (unpaired) electrons. The first kappa shape index (κ1) is 15.8. The van der Waals surface area contributed by atoms with E-state index in [2.05, 4.69) is 15.7 Å². The predicted octanol–water partition coefficient (Wildman–Crippen LogP) is 0.621. The standard InChI is InChI=1S/C12H21N5O3S/c1-10(2)17-7-4-11(15-17)14-12(18)13-5-8-16-6-3-9-21(16,19)20/h4,7,10H,3,5-6,8-9H2,1-2H3,(H2,13,14,15,18). The van der Waals surface area contributed by atoms with Crippen LogP contribution in [0.25, 0.3) is 0 Å². The summed E-state index contributed by atoms with van der Waals surface area (Å²) in [5, 5.41) is 9.44. The van der Waals surface area contributed by atoms with Crippen molar-refractivity contribution >= 4 is 21.9 Å². The highest BCUT2D eigenvalue weighted by Crippen LogP contribution is 2.12. The van der Waals surface area contributed by atoms with Gasteiger partial charge in [-0.25, -0.2) is 17.5 Å². The first-order valence-electron chi connectivity index (χ1n) is 6.96. The van der Waals surface area contributed by atoms with Crippen LogP contribution in [-0.2, 0) is 10.0 Å². The molecule has 0 atom stereocenters. The van der Waals surface area contributed by atoms with Gasteiger partial charge in [0.05, 0.1) is 5.75 Å². The van der Waals surface area contributed by atoms with Gasteiger partial charge in [-0.3, -0.25) is 10.00 Å². The van der Waals surface area contributed by atoms with Crippen LogP contribution in [0, 0.1) is 0 Å². The fourth-order valence-corrected chi connectivity index (χ4v) is 3.62. The third-order valence-corrected chi connectivity index (χ3v) is 5.19. The van der Waals surface area contributed by atoms with Gasteiger partial charge < -0.3 is 5.32 Å². The topological polar surface area (TPSA) is 96.3 Å². The minimum absolute atomic E-state index is 0.200. The van der Waals surface area contributed by atoms with Crippen LogP contribution in [0.5, 0.6) is 0 Å². The molecule has 9 heteroatoms. The molecule has 118 valence electrons. The average Bonchev–Trinajstić information content (AvgIpc) is 2.97. The lowest BCUT2D eigenvalue weighted by atomic mass is 10.4. The van der Waals surface area contributed by atoms with Crippen molar-refractivity contribution in [2.24, 2.45) is 0 Å². The fraction of sp³-hybridized carbons (Fsp3) is 0.667. The van der Waals surface area contributed by atoms with Crippen molar-refractivity contribution in [2.75, 3.05) is 30.7 Å². The van der Waals surface area contributed by atoms with Crippen molar-refractivity contribution < 1.29 is 13.2 Å². The van der Waals surface area contributed by atoms with Gasteiger partial charge in [0.1, 0.15) is 0 Å². The molecule has 1 aliphatic rings. The van der Waals surface area contributed by atoms with Crippen molar-refractivity contribution in [2.45, 2.75) is 26.3 Å². The number of amides is 2. The molecule has 2 N–H and O–H groups in total. The number of nitrogens with zero attached hydrogens (tertiary/aromatic N) is 3. The molecule has 0 bridgehead atoms. The molecule has 0 aliphatic carbocycles. The van der Waals surface area contributed by atoms with Crippen LogP contribution in [0.15, 0.2) is 12.3 Å². The van der Waals surface area contributed by atoms with Gasteiger partial charge in [0, 0.05) is 37.9 Å². The van der Waals surface area contributed by atoms with Crippen LogP contribution in [0.2, 0.25) is 0 Å². The second-order valence-corrected chi connectivity index (χ2v) is 7.31. The smallest absolute Gasteiger partial charge is 0.320 e. The van der Waals surface area contributed by atoms with Gasteiger partial charge >= 0.3 is 6.03 Å². The average molecular weight is 315 g/mol. The lowest BCUT2D eigenvalue weighted by Gasteiger charge is -2.14. The molecule has 1 fully saturated rings. The van der Waals surface area contributed by atoms with E-state index in [9.17, 15) is 13.2 Å². The van der Waals surface area contributed by atoms with Gasteiger partial charge in [-0.2, -0.15) is 5.10 Å². The molecule has 0 spiro atoms. The summed E-state index contributed by atoms with van der Waals surface area (Å²) in [6, 6.07) is 1.55. The number of sulfonamides is 1. The monoisotopic (exact) mass is 315 g/mol. The Kier molecular flexibility index (Phi) is 4.84. The van der Waals surface area contributed by atoms with Crippen molar-refractivity contribution in [3.05, 3.63) is 12.3 Å². The maximum absolute atomic E-state index is 11.7. The molecule has 1 aliphatic heterocycles. The van der Waals surface area contributed by atoms with Crippen LogP contribution in [0.4, 0.5) is 10.6 Å². The van der Waals surface area contributed by atoms with E-state index in [1.165, 1.54) is 4.31 Å². The molecule has 1 aromatic rings. The van der Waals surface area contributed by atoms with Gasteiger partial charge in [0.2, 0.25) is 10.0 Å². The van der Waals surface area contributed by atoms with E-state index in [4.69, 9.17) is 0 Å². The Hall–Kier alpha value is -1.61. The van der Waals surface area contributed by atoms with Crippen molar-refractivity contribution in [1.82, 2.24) is 19.4 Å². The number of rotatable bonds is 5. The Morgan fingerprint density at radius 1 is 1.48 bits per heavy atom. The number of aromatic nitrogens is 2. The molecule has 1 saturated heterocycles. The fourth-order valence-electron chi connectivity index (χ4n) is 2.09. The van der Waals surface area contributed by atoms with Crippen LogP contribution in [0.3, 0.4) is 0 Å². The third-order valence-electron chi connectivity index (χ3n) is 3.23. The Morgan fingerprint density at radius 2 is 2.24 bits per heavy atom. The number of urea groups is 1. The summed E-state index contributed by atoms with van der Waals surface area (Å²) in [6.45, 7) is 5.09. The quantitative estimate of drug-likeness (QED) is 0.832. The Labute approximate surface area is 124 Å². The minimum Gasteiger partial charge on any atom is -0.337 e. The zero-order valence-electron chi connectivity index (χ0n) is 12.2. The van der Waals surface area contributed by atoms with Crippen molar-refractivity contribution in [3.8, 4) is 0 Å². The molecule has 0 aromatic carbocycles. The Balaban J connectivity index is 1.74. The molecule has 8 nitrogen and oxygen atoms in total. The molecular formula is C12H21N5O3S. The number of hydrogen-bond donors (Lipinski definition) is 2. The van der Waals surface area contributed by atoms with Crippen LogP contribution < -0.4 is 10.6 Å². The Bertz CT molecular complexity index is 596. The van der Waals surface area contributed by atoms with Crippen molar-refractivity contribution in [3.63, 3.8) is 0 Å². The van der Waals surface area contributed by atoms with E-state index in [1.54, 1.807) is 16.9 Å². The number of anilines is 1. The largest absolute Gasteiger partial charge is 0.337 e. The van der Waals surface area contributed by atoms with Crippen LogP contribution in [0.1, 0.15) is 26.3 Å². The number of carbonyl (C=O) groups is 1. The molecule has 1 aromatic heterocycles. The van der Waals surface area contributed by atoms with Crippen molar-refractivity contribution in [1.29, 1.82) is 0 Å². The number of hydrogen-bond acceptors (Lipinski definition) is 4. The summed E-state index contributed by atoms with van der Waals surface area (Å²) in [6.07, 6.45) is 2.44. The highest BCUT2D eigenvalue weighted by Gasteiger charge is 2.27. The summed E-state index contributed by atoms with van der Waals surface area (Å²) in [4.78, 5) is 11.7. The molecule has 21 heavy (non-hydrogen) atoms. The lowest BCUT2D eigenvalue weighted by molar-refractivity contribution is 0.251. The highest BCUT2D eigenvalue weighted by molar-refractivity contribution is 7.89. The summed E-state index contributed by atoms with van der Waals surface area (Å²) in [7, 11) is -3.10. The lowest BCUT2D eigenvalue weighted by Crippen LogP contribution is -2.37. The van der Waals surface area contributed by atoms with Crippen LogP contribution in [-0.4, -0.2) is 53.9 Å². The maximum atomic E-state index is 11.7. The van der Waals surface area contributed by atoms with Gasteiger partial charge in [0.25, 0.3) is 0 Å². The zero-order chi connectivity index (χ0) is 15.5. The van der Waals surface area contributed by atoms with Crippen LogP contribution >= 0.6 is 0 Å². The minimum atomic E-state index is -3.10. The van der Waals surface area contributed by atoms with Gasteiger partial charge in [-0.1, -0.05) is 0 Å². The summed E-state index contributed by atoms with van der Waals surface area (Å²) in [5.41, 5.74) is 0. The molecule has 0 unspecified atom stereocenters. The van der Waals surface area contributed by atoms with Gasteiger partial charge in [0.15, 0.2) is 5.82 Å². The van der Waals surface area contributed by atoms with E-state index in [-0.39, 0.29) is 24.4 Å². The molecule has 0 saturated carbocycles. The van der Waals surface area contributed by atoms with E-state index in [0.29, 0.717) is 25.3 Å². The normalized spacial score (nSPS) is 18.0. The second kappa shape index (κ2) is 6.44. The molecule has 2 heterocycles.